The monoisotopic (exact) mass is 300 g/mol. The van der Waals surface area contributed by atoms with Crippen molar-refractivity contribution in [2.45, 2.75) is 25.9 Å². The Morgan fingerprint density at radius 1 is 1.65 bits per heavy atom. The van der Waals surface area contributed by atoms with Crippen LogP contribution in [0.2, 0.25) is 0 Å². The van der Waals surface area contributed by atoms with Crippen LogP contribution in [0.1, 0.15) is 13.3 Å². The number of aryl methyl sites for hydroxylation is 1. The van der Waals surface area contributed by atoms with Crippen molar-refractivity contribution in [1.29, 1.82) is 0 Å². The summed E-state index contributed by atoms with van der Waals surface area (Å²) in [6.45, 7) is 4.61. The lowest BCUT2D eigenvalue weighted by molar-refractivity contribution is 0.427. The minimum Gasteiger partial charge on any atom is -0.367 e. The Morgan fingerprint density at radius 3 is 2.88 bits per heavy atom. The number of aromatic nitrogens is 2. The Kier molecular flexibility index (Phi) is 3.83. The number of hydrogen-bond acceptors (Lipinski definition) is 4. The number of rotatable bonds is 4. The van der Waals surface area contributed by atoms with Crippen molar-refractivity contribution in [3.63, 3.8) is 0 Å². The van der Waals surface area contributed by atoms with E-state index in [1.165, 1.54) is 4.68 Å². The van der Waals surface area contributed by atoms with Crippen LogP contribution in [0.3, 0.4) is 0 Å². The fourth-order valence-electron chi connectivity index (χ4n) is 1.82. The number of halogens is 1. The molecule has 1 aliphatic rings. The molecule has 1 aromatic rings. The van der Waals surface area contributed by atoms with Crippen molar-refractivity contribution < 1.29 is 0 Å². The predicted octanol–water partition coefficient (Wildman–Crippen LogP) is 0.824. The number of hydrogen-bond donors (Lipinski definition) is 1. The smallest absolute Gasteiger partial charge is 0.283 e. The second-order valence-corrected chi connectivity index (χ2v) is 5.09. The lowest BCUT2D eigenvalue weighted by Gasteiger charge is -2.37. The third-order valence-corrected chi connectivity index (χ3v) is 3.83. The summed E-state index contributed by atoms with van der Waals surface area (Å²) in [5.41, 5.74) is 0.817. The first-order chi connectivity index (χ1) is 8.15. The first-order valence-electron chi connectivity index (χ1n) is 5.84. The number of anilines is 1. The molecule has 17 heavy (non-hydrogen) atoms. The largest absolute Gasteiger partial charge is 0.367 e. The molecule has 0 aliphatic carbocycles. The van der Waals surface area contributed by atoms with E-state index in [2.05, 4.69) is 31.2 Å². The van der Waals surface area contributed by atoms with Crippen LogP contribution in [0.15, 0.2) is 15.5 Å². The van der Waals surface area contributed by atoms with Crippen molar-refractivity contribution >= 4 is 21.6 Å². The topological polar surface area (TPSA) is 50.2 Å². The van der Waals surface area contributed by atoms with Gasteiger partial charge in [0.2, 0.25) is 0 Å². The van der Waals surface area contributed by atoms with Crippen LogP contribution >= 0.6 is 15.9 Å². The van der Waals surface area contributed by atoms with Gasteiger partial charge in [-0.2, -0.15) is 5.10 Å². The molecule has 0 unspecified atom stereocenters. The fourth-order valence-corrected chi connectivity index (χ4v) is 2.40. The van der Waals surface area contributed by atoms with Gasteiger partial charge in [-0.05, 0) is 22.4 Å². The quantitative estimate of drug-likeness (QED) is 0.895. The number of likely N-dealkylation sites (N-methyl/N-ethyl adjacent to an activating group) is 1. The third kappa shape index (κ3) is 2.37. The Morgan fingerprint density at radius 2 is 2.35 bits per heavy atom. The molecule has 0 amide bonds. The molecule has 1 N–H and O–H groups in total. The molecule has 0 bridgehead atoms. The van der Waals surface area contributed by atoms with E-state index in [1.54, 1.807) is 6.20 Å². The summed E-state index contributed by atoms with van der Waals surface area (Å²) in [4.78, 5) is 14.1. The van der Waals surface area contributed by atoms with Crippen LogP contribution < -0.4 is 15.8 Å². The van der Waals surface area contributed by atoms with Gasteiger partial charge in [0.05, 0.1) is 17.9 Å². The number of nitrogens with zero attached hydrogens (tertiary/aromatic N) is 3. The van der Waals surface area contributed by atoms with E-state index in [4.69, 9.17) is 0 Å². The summed E-state index contributed by atoms with van der Waals surface area (Å²) in [6, 6.07) is 0.453. The summed E-state index contributed by atoms with van der Waals surface area (Å²) >= 11 is 3.39. The van der Waals surface area contributed by atoms with E-state index in [-0.39, 0.29) is 5.56 Å². The maximum Gasteiger partial charge on any atom is 0.283 e. The van der Waals surface area contributed by atoms with Crippen LogP contribution in [0.25, 0.3) is 0 Å². The molecule has 5 nitrogen and oxygen atoms in total. The van der Waals surface area contributed by atoms with Gasteiger partial charge in [-0.1, -0.05) is 6.92 Å². The van der Waals surface area contributed by atoms with Crippen LogP contribution in [-0.2, 0) is 6.54 Å². The highest BCUT2D eigenvalue weighted by molar-refractivity contribution is 9.10. The molecule has 0 saturated carbocycles. The van der Waals surface area contributed by atoms with Crippen molar-refractivity contribution in [2.24, 2.45) is 0 Å². The van der Waals surface area contributed by atoms with E-state index in [1.807, 2.05) is 14.0 Å². The van der Waals surface area contributed by atoms with Crippen molar-refractivity contribution in [3.8, 4) is 0 Å². The molecule has 1 fully saturated rings. The second kappa shape index (κ2) is 5.18. The highest BCUT2D eigenvalue weighted by Crippen LogP contribution is 2.23. The van der Waals surface area contributed by atoms with Gasteiger partial charge >= 0.3 is 0 Å². The summed E-state index contributed by atoms with van der Waals surface area (Å²) in [6.07, 6.45) is 2.67. The zero-order valence-electron chi connectivity index (χ0n) is 10.1. The van der Waals surface area contributed by atoms with Gasteiger partial charge in [-0.15, -0.1) is 0 Å². The molecule has 1 aliphatic heterocycles. The Balaban J connectivity index is 2.29. The van der Waals surface area contributed by atoms with Crippen LogP contribution in [0, 0.1) is 0 Å². The van der Waals surface area contributed by atoms with Crippen molar-refractivity contribution in [3.05, 3.63) is 21.0 Å². The van der Waals surface area contributed by atoms with Gasteiger partial charge in [0.1, 0.15) is 4.47 Å². The van der Waals surface area contributed by atoms with Gasteiger partial charge in [0.15, 0.2) is 0 Å². The van der Waals surface area contributed by atoms with Gasteiger partial charge < -0.3 is 10.2 Å². The molecule has 2 heterocycles. The third-order valence-electron chi connectivity index (χ3n) is 3.09. The van der Waals surface area contributed by atoms with Crippen LogP contribution in [0.4, 0.5) is 5.69 Å². The van der Waals surface area contributed by atoms with E-state index < -0.39 is 0 Å². The highest BCUT2D eigenvalue weighted by Gasteiger charge is 2.24. The van der Waals surface area contributed by atoms with Gasteiger partial charge in [-0.3, -0.25) is 4.79 Å². The van der Waals surface area contributed by atoms with Gasteiger partial charge in [0, 0.05) is 26.7 Å². The average molecular weight is 301 g/mol. The summed E-state index contributed by atoms with van der Waals surface area (Å²) in [5.74, 6) is 0. The highest BCUT2D eigenvalue weighted by atomic mass is 79.9. The summed E-state index contributed by atoms with van der Waals surface area (Å²) in [5, 5.41) is 7.42. The predicted molar refractivity (Wildman–Crippen MR) is 71.5 cm³/mol. The molecule has 2 rings (SSSR count). The molecule has 0 atom stereocenters. The van der Waals surface area contributed by atoms with Crippen LogP contribution in [-0.4, -0.2) is 36.0 Å². The standard InChI is InChI=1S/C11H17BrN4O/c1-3-4-16-11(17)10(12)9(7-14-16)15(2)8-5-13-6-8/h7-8,13H,3-6H2,1-2H3. The molecule has 0 aromatic carbocycles. The zero-order valence-corrected chi connectivity index (χ0v) is 11.7. The SMILES string of the molecule is CCCn1ncc(N(C)C2CNC2)c(Br)c1=O. The first kappa shape index (κ1) is 12.6. The van der Waals surface area contributed by atoms with E-state index in [0.717, 1.165) is 25.2 Å². The maximum atomic E-state index is 12.0. The molecule has 1 aromatic heterocycles. The molecule has 0 radical (unpaired) electrons. The second-order valence-electron chi connectivity index (χ2n) is 4.30. The lowest BCUT2D eigenvalue weighted by atomic mass is 10.1. The van der Waals surface area contributed by atoms with Crippen molar-refractivity contribution in [2.75, 3.05) is 25.0 Å². The first-order valence-corrected chi connectivity index (χ1v) is 6.63. The zero-order chi connectivity index (χ0) is 12.4. The lowest BCUT2D eigenvalue weighted by Crippen LogP contribution is -2.56. The minimum absolute atomic E-state index is 0.0523. The summed E-state index contributed by atoms with van der Waals surface area (Å²) < 4.78 is 2.11. The Bertz CT molecular complexity index is 455. The van der Waals surface area contributed by atoms with E-state index >= 15 is 0 Å². The Hall–Kier alpha value is -0.880. The summed E-state index contributed by atoms with van der Waals surface area (Å²) in [7, 11) is 2.00. The molecule has 94 valence electrons. The normalized spacial score (nSPS) is 15.7. The number of nitrogens with one attached hydrogen (secondary N) is 1. The molecule has 0 spiro atoms. The Labute approximate surface area is 109 Å². The molecule has 6 heteroatoms. The molecule has 1 saturated heterocycles. The maximum absolute atomic E-state index is 12.0. The van der Waals surface area contributed by atoms with Gasteiger partial charge in [0.25, 0.3) is 5.56 Å². The molecular weight excluding hydrogens is 284 g/mol. The van der Waals surface area contributed by atoms with Gasteiger partial charge in [-0.25, -0.2) is 4.68 Å². The fraction of sp³-hybridized carbons (Fsp3) is 0.636. The van der Waals surface area contributed by atoms with E-state index in [0.29, 0.717) is 17.1 Å². The average Bonchev–Trinajstić information content (AvgIpc) is 2.22. The van der Waals surface area contributed by atoms with Crippen molar-refractivity contribution in [1.82, 2.24) is 15.1 Å². The van der Waals surface area contributed by atoms with E-state index in [9.17, 15) is 4.79 Å². The van der Waals surface area contributed by atoms with Crippen LogP contribution in [0.5, 0.6) is 0 Å². The minimum atomic E-state index is -0.0523. The molecular formula is C11H17BrN4O.